The van der Waals surface area contributed by atoms with Crippen LogP contribution in [0.3, 0.4) is 0 Å². The van der Waals surface area contributed by atoms with E-state index >= 15 is 0 Å². The van der Waals surface area contributed by atoms with E-state index in [0.717, 1.165) is 34.7 Å². The Morgan fingerprint density at radius 1 is 1.15 bits per heavy atom. The van der Waals surface area contributed by atoms with Gasteiger partial charge in [-0.3, -0.25) is 0 Å². The Morgan fingerprint density at radius 2 is 1.85 bits per heavy atom. The molecule has 0 fully saturated rings. The summed E-state index contributed by atoms with van der Waals surface area (Å²) in [7, 11) is 0. The zero-order chi connectivity index (χ0) is 14.5. The van der Waals surface area contributed by atoms with Gasteiger partial charge in [0.1, 0.15) is 11.9 Å². The van der Waals surface area contributed by atoms with Crippen molar-refractivity contribution in [3.05, 3.63) is 52.8 Å². The zero-order valence-electron chi connectivity index (χ0n) is 12.1. The van der Waals surface area contributed by atoms with Gasteiger partial charge in [0.05, 0.1) is 18.0 Å². The standard InChI is InChI=1S/C16H20N2O2/c1-4-15-14(10-11(3)17-18-15)16(19)12-6-8-13(9-7-12)20-5-2/h6-10,16,19H,4-5H2,1-3H3. The molecule has 1 aromatic carbocycles. The van der Waals surface area contributed by atoms with Gasteiger partial charge < -0.3 is 9.84 Å². The van der Waals surface area contributed by atoms with E-state index in [1.807, 2.05) is 51.1 Å². The lowest BCUT2D eigenvalue weighted by Gasteiger charge is -2.15. The predicted molar refractivity (Wildman–Crippen MR) is 77.8 cm³/mol. The minimum Gasteiger partial charge on any atom is -0.494 e. The molecule has 1 atom stereocenters. The summed E-state index contributed by atoms with van der Waals surface area (Å²) in [5.41, 5.74) is 3.29. The molecule has 0 spiro atoms. The number of aryl methyl sites for hydroxylation is 2. The van der Waals surface area contributed by atoms with Gasteiger partial charge >= 0.3 is 0 Å². The highest BCUT2D eigenvalue weighted by molar-refractivity contribution is 5.36. The average molecular weight is 272 g/mol. The summed E-state index contributed by atoms with van der Waals surface area (Å²) in [4.78, 5) is 0. The van der Waals surface area contributed by atoms with E-state index in [1.54, 1.807) is 0 Å². The number of hydrogen-bond donors (Lipinski definition) is 1. The normalized spacial score (nSPS) is 12.2. The Kier molecular flexibility index (Phi) is 4.69. The topological polar surface area (TPSA) is 55.2 Å². The minimum atomic E-state index is -0.685. The average Bonchev–Trinajstić information content (AvgIpc) is 2.47. The third-order valence-corrected chi connectivity index (χ3v) is 3.16. The number of ether oxygens (including phenoxy) is 1. The third-order valence-electron chi connectivity index (χ3n) is 3.16. The molecule has 0 saturated heterocycles. The molecule has 0 aliphatic rings. The first kappa shape index (κ1) is 14.5. The Hall–Kier alpha value is -1.94. The van der Waals surface area contributed by atoms with E-state index in [9.17, 15) is 5.11 Å². The summed E-state index contributed by atoms with van der Waals surface area (Å²) < 4.78 is 5.41. The molecule has 0 aliphatic heterocycles. The smallest absolute Gasteiger partial charge is 0.119 e. The van der Waals surface area contributed by atoms with Crippen LogP contribution in [0.15, 0.2) is 30.3 Å². The third kappa shape index (κ3) is 3.14. The highest BCUT2D eigenvalue weighted by atomic mass is 16.5. The largest absolute Gasteiger partial charge is 0.494 e. The van der Waals surface area contributed by atoms with Crippen molar-refractivity contribution < 1.29 is 9.84 Å². The highest BCUT2D eigenvalue weighted by Gasteiger charge is 2.16. The van der Waals surface area contributed by atoms with E-state index < -0.39 is 6.10 Å². The second-order valence-electron chi connectivity index (χ2n) is 4.65. The van der Waals surface area contributed by atoms with Crippen molar-refractivity contribution in [2.75, 3.05) is 6.61 Å². The SMILES string of the molecule is CCOc1ccc(C(O)c2cc(C)nnc2CC)cc1. The predicted octanol–water partition coefficient (Wildman–Crippen LogP) is 2.83. The molecule has 0 amide bonds. The first-order chi connectivity index (χ1) is 9.65. The van der Waals surface area contributed by atoms with Crippen molar-refractivity contribution in [2.24, 2.45) is 0 Å². The maximum absolute atomic E-state index is 10.5. The van der Waals surface area contributed by atoms with Crippen LogP contribution in [0.2, 0.25) is 0 Å². The van der Waals surface area contributed by atoms with Gasteiger partial charge in [-0.1, -0.05) is 19.1 Å². The number of aliphatic hydroxyl groups excluding tert-OH is 1. The molecule has 1 unspecified atom stereocenters. The van der Waals surface area contributed by atoms with Crippen LogP contribution in [0.5, 0.6) is 5.75 Å². The number of benzene rings is 1. The van der Waals surface area contributed by atoms with Crippen LogP contribution >= 0.6 is 0 Å². The maximum atomic E-state index is 10.5. The van der Waals surface area contributed by atoms with Gasteiger partial charge in [0.15, 0.2) is 0 Å². The van der Waals surface area contributed by atoms with Crippen molar-refractivity contribution in [2.45, 2.75) is 33.3 Å². The fourth-order valence-corrected chi connectivity index (χ4v) is 2.14. The van der Waals surface area contributed by atoms with Gasteiger partial charge in [0.2, 0.25) is 0 Å². The molecule has 106 valence electrons. The fraction of sp³-hybridized carbons (Fsp3) is 0.375. The van der Waals surface area contributed by atoms with E-state index in [1.165, 1.54) is 0 Å². The zero-order valence-corrected chi connectivity index (χ0v) is 12.1. The lowest BCUT2D eigenvalue weighted by atomic mass is 9.99. The second kappa shape index (κ2) is 6.48. The van der Waals surface area contributed by atoms with Gasteiger partial charge in [0, 0.05) is 5.56 Å². The molecule has 0 aliphatic carbocycles. The van der Waals surface area contributed by atoms with E-state index in [-0.39, 0.29) is 0 Å². The molecule has 1 aromatic heterocycles. The number of nitrogens with zero attached hydrogens (tertiary/aromatic N) is 2. The molecule has 4 nitrogen and oxygen atoms in total. The molecule has 2 aromatic rings. The molecular weight excluding hydrogens is 252 g/mol. The van der Waals surface area contributed by atoms with Crippen LogP contribution < -0.4 is 4.74 Å². The molecule has 2 rings (SSSR count). The molecule has 0 saturated carbocycles. The van der Waals surface area contributed by atoms with Crippen molar-refractivity contribution >= 4 is 0 Å². The lowest BCUT2D eigenvalue weighted by molar-refractivity contribution is 0.218. The van der Waals surface area contributed by atoms with Crippen LogP contribution in [-0.4, -0.2) is 21.9 Å². The van der Waals surface area contributed by atoms with Gasteiger partial charge in [-0.2, -0.15) is 10.2 Å². The lowest BCUT2D eigenvalue weighted by Crippen LogP contribution is -2.07. The highest BCUT2D eigenvalue weighted by Crippen LogP contribution is 2.26. The Labute approximate surface area is 119 Å². The summed E-state index contributed by atoms with van der Waals surface area (Å²) in [6.45, 7) is 6.46. The van der Waals surface area contributed by atoms with Crippen LogP contribution in [0.25, 0.3) is 0 Å². The summed E-state index contributed by atoms with van der Waals surface area (Å²) >= 11 is 0. The first-order valence-corrected chi connectivity index (χ1v) is 6.89. The molecular formula is C16H20N2O2. The summed E-state index contributed by atoms with van der Waals surface area (Å²) in [6, 6.07) is 9.40. The van der Waals surface area contributed by atoms with Crippen molar-refractivity contribution in [3.63, 3.8) is 0 Å². The molecule has 1 N–H and O–H groups in total. The molecule has 20 heavy (non-hydrogen) atoms. The summed E-state index contributed by atoms with van der Waals surface area (Å²) in [5.74, 6) is 0.809. The van der Waals surface area contributed by atoms with Crippen LogP contribution in [0.4, 0.5) is 0 Å². The second-order valence-corrected chi connectivity index (χ2v) is 4.65. The van der Waals surface area contributed by atoms with Crippen LogP contribution in [0, 0.1) is 6.92 Å². The van der Waals surface area contributed by atoms with Crippen LogP contribution in [-0.2, 0) is 6.42 Å². The molecule has 0 bridgehead atoms. The molecule has 4 heteroatoms. The van der Waals surface area contributed by atoms with E-state index in [4.69, 9.17) is 4.74 Å². The summed E-state index contributed by atoms with van der Waals surface area (Å²) in [6.07, 6.45) is 0.0614. The van der Waals surface area contributed by atoms with Crippen molar-refractivity contribution in [1.29, 1.82) is 0 Å². The Bertz CT molecular complexity index is 567. The first-order valence-electron chi connectivity index (χ1n) is 6.89. The van der Waals surface area contributed by atoms with Crippen molar-refractivity contribution in [3.8, 4) is 5.75 Å². The van der Waals surface area contributed by atoms with Gasteiger partial charge in [-0.25, -0.2) is 0 Å². The monoisotopic (exact) mass is 272 g/mol. The number of hydrogen-bond acceptors (Lipinski definition) is 4. The maximum Gasteiger partial charge on any atom is 0.119 e. The van der Waals surface area contributed by atoms with E-state index in [0.29, 0.717) is 6.61 Å². The Morgan fingerprint density at radius 3 is 2.45 bits per heavy atom. The number of aromatic nitrogens is 2. The van der Waals surface area contributed by atoms with Gasteiger partial charge in [-0.05, 0) is 44.0 Å². The summed E-state index contributed by atoms with van der Waals surface area (Å²) in [5, 5.41) is 18.7. The fourth-order valence-electron chi connectivity index (χ4n) is 2.14. The van der Waals surface area contributed by atoms with Gasteiger partial charge in [-0.15, -0.1) is 0 Å². The Balaban J connectivity index is 2.30. The molecule has 1 heterocycles. The number of aliphatic hydroxyl groups is 1. The molecule has 0 radical (unpaired) electrons. The van der Waals surface area contributed by atoms with Crippen LogP contribution in [0.1, 0.15) is 42.5 Å². The van der Waals surface area contributed by atoms with Gasteiger partial charge in [0.25, 0.3) is 0 Å². The minimum absolute atomic E-state index is 0.634. The van der Waals surface area contributed by atoms with E-state index in [2.05, 4.69) is 10.2 Å². The van der Waals surface area contributed by atoms with Crippen molar-refractivity contribution in [1.82, 2.24) is 10.2 Å². The number of rotatable bonds is 5. The quantitative estimate of drug-likeness (QED) is 0.909.